The maximum Gasteiger partial charge on any atom is 0.152 e. The van der Waals surface area contributed by atoms with E-state index >= 15 is 0 Å². The second kappa shape index (κ2) is 4.53. The third-order valence-electron chi connectivity index (χ3n) is 2.55. The van der Waals surface area contributed by atoms with E-state index in [1.807, 2.05) is 20.0 Å². The van der Waals surface area contributed by atoms with Gasteiger partial charge in [-0.25, -0.2) is 4.98 Å². The van der Waals surface area contributed by atoms with E-state index in [2.05, 4.69) is 26.7 Å². The molecule has 0 aliphatic rings. The predicted octanol–water partition coefficient (Wildman–Crippen LogP) is 2.67. The molecule has 2 aromatic rings. The number of hydrogen-bond donors (Lipinski definition) is 1. The van der Waals surface area contributed by atoms with E-state index in [1.165, 1.54) is 5.56 Å². The van der Waals surface area contributed by atoms with Gasteiger partial charge in [0.1, 0.15) is 0 Å². The van der Waals surface area contributed by atoms with Gasteiger partial charge in [-0.15, -0.1) is 0 Å². The maximum atomic E-state index is 6.01. The van der Waals surface area contributed by atoms with Gasteiger partial charge in [-0.3, -0.25) is 0 Å². The highest BCUT2D eigenvalue weighted by molar-refractivity contribution is 7.07. The molecule has 2 aromatic heterocycles. The van der Waals surface area contributed by atoms with Gasteiger partial charge in [-0.1, -0.05) is 0 Å². The molecule has 3 nitrogen and oxygen atoms in total. The number of aryl methyl sites for hydroxylation is 1. The van der Waals surface area contributed by atoms with Crippen molar-refractivity contribution in [2.24, 2.45) is 0 Å². The molecule has 2 heterocycles. The van der Waals surface area contributed by atoms with Crippen LogP contribution in [0, 0.1) is 6.92 Å². The van der Waals surface area contributed by atoms with E-state index in [4.69, 9.17) is 5.73 Å². The number of nitrogens with zero attached hydrogens (tertiary/aromatic N) is 2. The summed E-state index contributed by atoms with van der Waals surface area (Å²) in [4.78, 5) is 6.40. The molecule has 0 spiro atoms. The summed E-state index contributed by atoms with van der Waals surface area (Å²) in [5.74, 6) is 0.853. The van der Waals surface area contributed by atoms with Crippen molar-refractivity contribution in [1.29, 1.82) is 0 Å². The Morgan fingerprint density at radius 3 is 2.94 bits per heavy atom. The van der Waals surface area contributed by atoms with Gasteiger partial charge < -0.3 is 10.6 Å². The van der Waals surface area contributed by atoms with Gasteiger partial charge in [-0.05, 0) is 40.9 Å². The fourth-order valence-corrected chi connectivity index (χ4v) is 2.25. The maximum absolute atomic E-state index is 6.01. The lowest BCUT2D eigenvalue weighted by Gasteiger charge is -2.19. The van der Waals surface area contributed by atoms with E-state index in [-0.39, 0.29) is 0 Å². The molecule has 0 bridgehead atoms. The molecule has 0 saturated carbocycles. The Hall–Kier alpha value is -1.55. The molecule has 2 N–H and O–H groups in total. The van der Waals surface area contributed by atoms with Gasteiger partial charge in [0.25, 0.3) is 0 Å². The van der Waals surface area contributed by atoms with Crippen LogP contribution in [0.1, 0.15) is 11.1 Å². The molecule has 4 heteroatoms. The fourth-order valence-electron chi connectivity index (χ4n) is 1.59. The number of nitrogens with two attached hydrogens (primary N) is 1. The zero-order chi connectivity index (χ0) is 11.5. The number of hydrogen-bond acceptors (Lipinski definition) is 4. The van der Waals surface area contributed by atoms with Crippen LogP contribution in [0.2, 0.25) is 0 Å². The highest BCUT2D eigenvalue weighted by Gasteiger charge is 2.09. The van der Waals surface area contributed by atoms with Crippen molar-refractivity contribution in [3.8, 4) is 0 Å². The molecule has 0 aliphatic heterocycles. The second-order valence-electron chi connectivity index (χ2n) is 3.85. The average molecular weight is 233 g/mol. The molecular weight excluding hydrogens is 218 g/mol. The Morgan fingerprint density at radius 2 is 2.25 bits per heavy atom. The number of rotatable bonds is 3. The van der Waals surface area contributed by atoms with E-state index in [1.54, 1.807) is 17.5 Å². The topological polar surface area (TPSA) is 42.2 Å². The first-order valence-electron chi connectivity index (χ1n) is 5.12. The lowest BCUT2D eigenvalue weighted by atomic mass is 10.2. The molecule has 0 saturated heterocycles. The Balaban J connectivity index is 2.21. The minimum atomic E-state index is 0.764. The first kappa shape index (κ1) is 11.0. The SMILES string of the molecule is Cc1ccnc(N(C)Cc2ccsc2)c1N. The quantitative estimate of drug-likeness (QED) is 0.886. The van der Waals surface area contributed by atoms with Gasteiger partial charge in [0, 0.05) is 19.8 Å². The van der Waals surface area contributed by atoms with E-state index in [9.17, 15) is 0 Å². The van der Waals surface area contributed by atoms with Gasteiger partial charge in [-0.2, -0.15) is 11.3 Å². The highest BCUT2D eigenvalue weighted by Crippen LogP contribution is 2.23. The van der Waals surface area contributed by atoms with Gasteiger partial charge in [0.15, 0.2) is 5.82 Å². The van der Waals surface area contributed by atoms with Crippen molar-refractivity contribution in [3.05, 3.63) is 40.2 Å². The Kier molecular flexibility index (Phi) is 3.10. The number of anilines is 2. The van der Waals surface area contributed by atoms with Crippen molar-refractivity contribution >= 4 is 22.8 Å². The van der Waals surface area contributed by atoms with Crippen LogP contribution < -0.4 is 10.6 Å². The van der Waals surface area contributed by atoms with E-state index in [0.717, 1.165) is 23.6 Å². The molecular formula is C12H15N3S. The van der Waals surface area contributed by atoms with Crippen molar-refractivity contribution in [1.82, 2.24) is 4.98 Å². The molecule has 0 aromatic carbocycles. The van der Waals surface area contributed by atoms with Gasteiger partial charge >= 0.3 is 0 Å². The van der Waals surface area contributed by atoms with Crippen LogP contribution in [0.5, 0.6) is 0 Å². The van der Waals surface area contributed by atoms with Crippen LogP contribution >= 0.6 is 11.3 Å². The van der Waals surface area contributed by atoms with Crippen molar-refractivity contribution in [3.63, 3.8) is 0 Å². The largest absolute Gasteiger partial charge is 0.396 e. The zero-order valence-electron chi connectivity index (χ0n) is 9.47. The molecule has 0 unspecified atom stereocenters. The molecule has 0 fully saturated rings. The molecule has 0 radical (unpaired) electrons. The highest BCUT2D eigenvalue weighted by atomic mass is 32.1. The fraction of sp³-hybridized carbons (Fsp3) is 0.250. The molecule has 84 valence electrons. The minimum absolute atomic E-state index is 0.764. The summed E-state index contributed by atoms with van der Waals surface area (Å²) in [6.07, 6.45) is 1.80. The van der Waals surface area contributed by atoms with Crippen LogP contribution in [0.3, 0.4) is 0 Å². The first-order valence-corrected chi connectivity index (χ1v) is 6.06. The third kappa shape index (κ3) is 2.17. The van der Waals surface area contributed by atoms with Crippen LogP contribution in [0.25, 0.3) is 0 Å². The molecule has 0 aliphatic carbocycles. The predicted molar refractivity (Wildman–Crippen MR) is 69.8 cm³/mol. The summed E-state index contributed by atoms with van der Waals surface area (Å²) in [6, 6.07) is 4.05. The number of aromatic nitrogens is 1. The summed E-state index contributed by atoms with van der Waals surface area (Å²) < 4.78 is 0. The summed E-state index contributed by atoms with van der Waals surface area (Å²) in [5.41, 5.74) is 9.13. The van der Waals surface area contributed by atoms with Gasteiger partial charge in [0.05, 0.1) is 5.69 Å². The number of thiophene rings is 1. The second-order valence-corrected chi connectivity index (χ2v) is 4.63. The average Bonchev–Trinajstić information content (AvgIpc) is 2.74. The molecule has 16 heavy (non-hydrogen) atoms. The Labute approximate surface area is 99.5 Å². The normalized spacial score (nSPS) is 10.4. The monoisotopic (exact) mass is 233 g/mol. The smallest absolute Gasteiger partial charge is 0.152 e. The minimum Gasteiger partial charge on any atom is -0.396 e. The molecule has 0 atom stereocenters. The zero-order valence-corrected chi connectivity index (χ0v) is 10.3. The summed E-state index contributed by atoms with van der Waals surface area (Å²) in [6.45, 7) is 2.84. The Bertz CT molecular complexity index is 465. The lowest BCUT2D eigenvalue weighted by molar-refractivity contribution is 0.902. The standard InChI is InChI=1S/C12H15N3S/c1-9-3-5-14-12(11(9)13)15(2)7-10-4-6-16-8-10/h3-6,8H,7,13H2,1-2H3. The number of pyridine rings is 1. The number of nitrogen functional groups attached to an aromatic ring is 1. The molecule has 2 rings (SSSR count). The van der Waals surface area contributed by atoms with E-state index in [0.29, 0.717) is 0 Å². The summed E-state index contributed by atoms with van der Waals surface area (Å²) >= 11 is 1.71. The van der Waals surface area contributed by atoms with E-state index < -0.39 is 0 Å². The van der Waals surface area contributed by atoms with Crippen LogP contribution in [-0.4, -0.2) is 12.0 Å². The van der Waals surface area contributed by atoms with Crippen LogP contribution in [-0.2, 0) is 6.54 Å². The van der Waals surface area contributed by atoms with Crippen LogP contribution in [0.4, 0.5) is 11.5 Å². The first-order chi connectivity index (χ1) is 7.68. The van der Waals surface area contributed by atoms with Crippen LogP contribution in [0.15, 0.2) is 29.1 Å². The van der Waals surface area contributed by atoms with Crippen molar-refractivity contribution in [2.75, 3.05) is 17.7 Å². The van der Waals surface area contributed by atoms with Crippen molar-refractivity contribution < 1.29 is 0 Å². The summed E-state index contributed by atoms with van der Waals surface area (Å²) in [5, 5.41) is 4.22. The Morgan fingerprint density at radius 1 is 1.44 bits per heavy atom. The third-order valence-corrected chi connectivity index (χ3v) is 3.28. The summed E-state index contributed by atoms with van der Waals surface area (Å²) in [7, 11) is 2.01. The molecule has 0 amide bonds. The lowest BCUT2D eigenvalue weighted by Crippen LogP contribution is -2.19. The van der Waals surface area contributed by atoms with Gasteiger partial charge in [0.2, 0.25) is 0 Å². The van der Waals surface area contributed by atoms with Crippen molar-refractivity contribution in [2.45, 2.75) is 13.5 Å².